The average Bonchev–Trinajstić information content (AvgIpc) is 2.44. The summed E-state index contributed by atoms with van der Waals surface area (Å²) in [7, 11) is 3.11. The SMILES string of the molecule is CN(C)C(=O)[C@H](O)[C@H](Cc1ccccc1)NC(=O)OC(C)(C)C. The van der Waals surface area contributed by atoms with Crippen molar-refractivity contribution >= 4 is 12.0 Å². The van der Waals surface area contributed by atoms with E-state index in [1.807, 2.05) is 30.3 Å². The predicted molar refractivity (Wildman–Crippen MR) is 88.0 cm³/mol. The van der Waals surface area contributed by atoms with Crippen LogP contribution < -0.4 is 5.32 Å². The van der Waals surface area contributed by atoms with Crippen molar-refractivity contribution in [2.24, 2.45) is 0 Å². The van der Waals surface area contributed by atoms with E-state index >= 15 is 0 Å². The Balaban J connectivity index is 2.88. The maximum Gasteiger partial charge on any atom is 0.407 e. The molecule has 0 saturated carbocycles. The summed E-state index contributed by atoms with van der Waals surface area (Å²) >= 11 is 0. The highest BCUT2D eigenvalue weighted by atomic mass is 16.6. The van der Waals surface area contributed by atoms with Gasteiger partial charge in [-0.3, -0.25) is 4.79 Å². The summed E-state index contributed by atoms with van der Waals surface area (Å²) in [5.74, 6) is -0.470. The highest BCUT2D eigenvalue weighted by Crippen LogP contribution is 2.11. The zero-order valence-electron chi connectivity index (χ0n) is 14.4. The molecule has 0 saturated heterocycles. The van der Waals surface area contributed by atoms with Crippen LogP contribution in [-0.2, 0) is 16.0 Å². The number of benzene rings is 1. The molecule has 1 aromatic carbocycles. The van der Waals surface area contributed by atoms with Crippen LogP contribution in [0.15, 0.2) is 30.3 Å². The van der Waals surface area contributed by atoms with E-state index in [9.17, 15) is 14.7 Å². The highest BCUT2D eigenvalue weighted by molar-refractivity contribution is 5.82. The van der Waals surface area contributed by atoms with Crippen LogP contribution in [0.25, 0.3) is 0 Å². The van der Waals surface area contributed by atoms with Crippen molar-refractivity contribution in [1.29, 1.82) is 0 Å². The number of carbonyl (C=O) groups is 2. The third kappa shape index (κ3) is 6.69. The molecule has 2 N–H and O–H groups in total. The maximum absolute atomic E-state index is 12.0. The minimum absolute atomic E-state index is 0.320. The van der Waals surface area contributed by atoms with Gasteiger partial charge in [-0.25, -0.2) is 4.79 Å². The van der Waals surface area contributed by atoms with Gasteiger partial charge in [0.05, 0.1) is 6.04 Å². The fourth-order valence-electron chi connectivity index (χ4n) is 2.01. The van der Waals surface area contributed by atoms with Gasteiger partial charge >= 0.3 is 6.09 Å². The number of aliphatic hydroxyl groups is 1. The minimum atomic E-state index is -1.35. The van der Waals surface area contributed by atoms with Crippen LogP contribution in [0, 0.1) is 0 Å². The Kier molecular flexibility index (Phi) is 6.57. The fraction of sp³-hybridized carbons (Fsp3) is 0.529. The summed E-state index contributed by atoms with van der Waals surface area (Å²) in [6.07, 6.45) is -1.69. The van der Waals surface area contributed by atoms with Crippen molar-refractivity contribution in [3.8, 4) is 0 Å². The van der Waals surface area contributed by atoms with Crippen molar-refractivity contribution in [2.45, 2.75) is 44.9 Å². The summed E-state index contributed by atoms with van der Waals surface area (Å²) < 4.78 is 5.21. The topological polar surface area (TPSA) is 78.9 Å². The third-order valence-corrected chi connectivity index (χ3v) is 3.08. The Morgan fingerprint density at radius 2 is 1.78 bits per heavy atom. The van der Waals surface area contributed by atoms with Gasteiger partial charge in [-0.15, -0.1) is 0 Å². The molecule has 0 aromatic heterocycles. The lowest BCUT2D eigenvalue weighted by Gasteiger charge is -2.27. The molecule has 0 bridgehead atoms. The van der Waals surface area contributed by atoms with Crippen LogP contribution in [0.2, 0.25) is 0 Å². The first-order valence-corrected chi connectivity index (χ1v) is 7.53. The Morgan fingerprint density at radius 3 is 2.26 bits per heavy atom. The zero-order valence-corrected chi connectivity index (χ0v) is 14.4. The number of aliphatic hydroxyl groups excluding tert-OH is 1. The second-order valence-electron chi connectivity index (χ2n) is 6.62. The smallest absolute Gasteiger partial charge is 0.407 e. The number of amides is 2. The average molecular weight is 322 g/mol. The Labute approximate surface area is 137 Å². The summed E-state index contributed by atoms with van der Waals surface area (Å²) in [6, 6.07) is 8.57. The summed E-state index contributed by atoms with van der Waals surface area (Å²) in [4.78, 5) is 25.3. The summed E-state index contributed by atoms with van der Waals surface area (Å²) in [6.45, 7) is 5.25. The number of likely N-dealkylation sites (N-methyl/N-ethyl adjacent to an activating group) is 1. The van der Waals surface area contributed by atoms with Crippen molar-refractivity contribution in [3.05, 3.63) is 35.9 Å². The van der Waals surface area contributed by atoms with Crippen molar-refractivity contribution in [1.82, 2.24) is 10.2 Å². The molecule has 6 heteroatoms. The number of carbonyl (C=O) groups excluding carboxylic acids is 2. The molecule has 0 aliphatic rings. The summed E-state index contributed by atoms with van der Waals surface area (Å²) in [5.41, 5.74) is 0.247. The standard InChI is InChI=1S/C17H26N2O4/c1-17(2,3)23-16(22)18-13(14(20)15(21)19(4)5)11-12-9-7-6-8-10-12/h6-10,13-14,20H,11H2,1-5H3,(H,18,22)/t13-,14+/m0/s1. The van der Waals surface area contributed by atoms with Gasteiger partial charge in [-0.2, -0.15) is 0 Å². The molecule has 0 radical (unpaired) electrons. The number of nitrogens with one attached hydrogen (secondary N) is 1. The number of alkyl carbamates (subject to hydrolysis) is 1. The second-order valence-corrected chi connectivity index (χ2v) is 6.62. The Hall–Kier alpha value is -2.08. The van der Waals surface area contributed by atoms with Gasteiger partial charge in [0, 0.05) is 14.1 Å². The molecule has 128 valence electrons. The molecule has 6 nitrogen and oxygen atoms in total. The zero-order chi connectivity index (χ0) is 17.6. The van der Waals surface area contributed by atoms with Crippen LogP contribution >= 0.6 is 0 Å². The molecule has 0 aliphatic heterocycles. The van der Waals surface area contributed by atoms with E-state index in [0.717, 1.165) is 5.56 Å². The number of rotatable bonds is 5. The normalized spacial score (nSPS) is 13.8. The van der Waals surface area contributed by atoms with Crippen molar-refractivity contribution in [3.63, 3.8) is 0 Å². The van der Waals surface area contributed by atoms with Gasteiger partial charge in [0.25, 0.3) is 5.91 Å². The number of hydrogen-bond donors (Lipinski definition) is 2. The largest absolute Gasteiger partial charge is 0.444 e. The third-order valence-electron chi connectivity index (χ3n) is 3.08. The van der Waals surface area contributed by atoms with Gasteiger partial charge in [0.15, 0.2) is 6.10 Å². The number of hydrogen-bond acceptors (Lipinski definition) is 4. The van der Waals surface area contributed by atoms with E-state index < -0.39 is 29.7 Å². The first-order chi connectivity index (χ1) is 10.6. The molecule has 2 amide bonds. The predicted octanol–water partition coefficient (Wildman–Crippen LogP) is 1.57. The van der Waals surface area contributed by atoms with Crippen LogP contribution in [0.3, 0.4) is 0 Å². The fourth-order valence-corrected chi connectivity index (χ4v) is 2.01. The lowest BCUT2D eigenvalue weighted by molar-refractivity contribution is -0.138. The van der Waals surface area contributed by atoms with E-state index in [1.165, 1.54) is 4.90 Å². The van der Waals surface area contributed by atoms with Crippen LogP contribution in [0.4, 0.5) is 4.79 Å². The molecule has 0 spiro atoms. The van der Waals surface area contributed by atoms with E-state index in [2.05, 4.69) is 5.32 Å². The van der Waals surface area contributed by atoms with E-state index in [-0.39, 0.29) is 0 Å². The molecule has 1 aromatic rings. The van der Waals surface area contributed by atoms with E-state index in [4.69, 9.17) is 4.74 Å². The molecule has 0 fully saturated rings. The second kappa shape index (κ2) is 7.97. The van der Waals surface area contributed by atoms with Gasteiger partial charge in [-0.05, 0) is 32.8 Å². The number of nitrogens with zero attached hydrogens (tertiary/aromatic N) is 1. The van der Waals surface area contributed by atoms with Gasteiger partial charge in [-0.1, -0.05) is 30.3 Å². The Bertz CT molecular complexity index is 523. The van der Waals surface area contributed by atoms with Gasteiger partial charge < -0.3 is 20.1 Å². The minimum Gasteiger partial charge on any atom is -0.444 e. The first kappa shape index (κ1) is 19.0. The number of ether oxygens (including phenoxy) is 1. The van der Waals surface area contributed by atoms with Crippen molar-refractivity contribution < 1.29 is 19.4 Å². The van der Waals surface area contributed by atoms with Gasteiger partial charge in [0.2, 0.25) is 0 Å². The highest BCUT2D eigenvalue weighted by Gasteiger charge is 2.30. The molecule has 0 aliphatic carbocycles. The Morgan fingerprint density at radius 1 is 1.22 bits per heavy atom. The van der Waals surface area contributed by atoms with Crippen molar-refractivity contribution in [2.75, 3.05) is 14.1 Å². The monoisotopic (exact) mass is 322 g/mol. The molecular weight excluding hydrogens is 296 g/mol. The molecule has 2 atom stereocenters. The van der Waals surface area contributed by atoms with E-state index in [0.29, 0.717) is 6.42 Å². The molecule has 0 unspecified atom stereocenters. The molecule has 0 heterocycles. The first-order valence-electron chi connectivity index (χ1n) is 7.53. The summed E-state index contributed by atoms with van der Waals surface area (Å²) in [5, 5.41) is 12.9. The quantitative estimate of drug-likeness (QED) is 0.862. The lowest BCUT2D eigenvalue weighted by Crippen LogP contribution is -2.52. The van der Waals surface area contributed by atoms with Gasteiger partial charge in [0.1, 0.15) is 5.60 Å². The lowest BCUT2D eigenvalue weighted by atomic mass is 10.0. The molecule has 23 heavy (non-hydrogen) atoms. The van der Waals surface area contributed by atoms with Crippen LogP contribution in [0.1, 0.15) is 26.3 Å². The van der Waals surface area contributed by atoms with E-state index in [1.54, 1.807) is 34.9 Å². The van der Waals surface area contributed by atoms with Crippen LogP contribution in [0.5, 0.6) is 0 Å². The molecule has 1 rings (SSSR count). The molecular formula is C17H26N2O4. The maximum atomic E-state index is 12.0. The van der Waals surface area contributed by atoms with Crippen LogP contribution in [-0.4, -0.2) is 53.8 Å².